The molecular weight excluding hydrogens is 482 g/mol. The summed E-state index contributed by atoms with van der Waals surface area (Å²) in [7, 11) is 0. The van der Waals surface area contributed by atoms with Crippen molar-refractivity contribution in [3.8, 4) is 17.3 Å². The van der Waals surface area contributed by atoms with Gasteiger partial charge in [-0.2, -0.15) is 4.98 Å². The zero-order chi connectivity index (χ0) is 26.2. The molecule has 2 fully saturated rings. The zero-order valence-corrected chi connectivity index (χ0v) is 20.7. The summed E-state index contributed by atoms with van der Waals surface area (Å²) in [5.41, 5.74) is 0.695. The number of aliphatic hydroxyl groups is 1. The van der Waals surface area contributed by atoms with Crippen LogP contribution in [0.3, 0.4) is 0 Å². The summed E-state index contributed by atoms with van der Waals surface area (Å²) in [4.78, 5) is 49.9. The quantitative estimate of drug-likeness (QED) is 0.521. The molecule has 3 heterocycles. The number of carbonyl (C=O) groups is 3. The van der Waals surface area contributed by atoms with Crippen LogP contribution in [0.1, 0.15) is 23.8 Å². The predicted octanol–water partition coefficient (Wildman–Crippen LogP) is 0.703. The molecule has 2 N–H and O–H groups in total. The summed E-state index contributed by atoms with van der Waals surface area (Å²) < 4.78 is 16.3. The maximum atomic E-state index is 13.2. The highest BCUT2D eigenvalue weighted by Crippen LogP contribution is 2.21. The van der Waals surface area contributed by atoms with Gasteiger partial charge < -0.3 is 34.4 Å². The van der Waals surface area contributed by atoms with Crippen LogP contribution in [-0.2, 0) is 14.3 Å². The molecule has 0 saturated carbocycles. The Morgan fingerprint density at radius 1 is 1.14 bits per heavy atom. The molecule has 2 aliphatic heterocycles. The van der Waals surface area contributed by atoms with Gasteiger partial charge in [-0.1, -0.05) is 30.3 Å². The lowest BCUT2D eigenvalue weighted by Gasteiger charge is -2.35. The van der Waals surface area contributed by atoms with Crippen LogP contribution in [-0.4, -0.2) is 108 Å². The number of amides is 3. The number of hydrogen-bond donors (Lipinski definition) is 2. The van der Waals surface area contributed by atoms with Crippen molar-refractivity contribution >= 4 is 17.9 Å². The molecule has 12 nitrogen and oxygen atoms in total. The highest BCUT2D eigenvalue weighted by Gasteiger charge is 2.31. The second kappa shape index (κ2) is 12.5. The van der Waals surface area contributed by atoms with E-state index in [1.807, 2.05) is 30.3 Å². The Morgan fingerprint density at radius 3 is 2.51 bits per heavy atom. The second-order valence-corrected chi connectivity index (χ2v) is 8.60. The molecule has 1 unspecified atom stereocenters. The molecule has 0 aliphatic carbocycles. The molecule has 1 aromatic heterocycles. The molecule has 198 valence electrons. The maximum absolute atomic E-state index is 13.2. The van der Waals surface area contributed by atoms with Gasteiger partial charge in [0.1, 0.15) is 17.8 Å². The van der Waals surface area contributed by atoms with E-state index in [9.17, 15) is 19.5 Å². The summed E-state index contributed by atoms with van der Waals surface area (Å²) in [5.74, 6) is -0.582. The van der Waals surface area contributed by atoms with Crippen LogP contribution in [0.2, 0.25) is 0 Å². The van der Waals surface area contributed by atoms with Crippen LogP contribution in [0.4, 0.5) is 4.79 Å². The Balaban J connectivity index is 1.46. The van der Waals surface area contributed by atoms with Crippen molar-refractivity contribution in [1.29, 1.82) is 0 Å². The number of benzene rings is 1. The highest BCUT2D eigenvalue weighted by atomic mass is 16.6. The molecule has 2 aromatic rings. The molecule has 12 heteroatoms. The van der Waals surface area contributed by atoms with Gasteiger partial charge in [-0.3, -0.25) is 9.59 Å². The van der Waals surface area contributed by atoms with Crippen molar-refractivity contribution in [1.82, 2.24) is 25.1 Å². The molecule has 0 bridgehead atoms. The van der Waals surface area contributed by atoms with E-state index in [-0.39, 0.29) is 37.4 Å². The number of nitrogens with one attached hydrogen (secondary N) is 1. The van der Waals surface area contributed by atoms with Gasteiger partial charge >= 0.3 is 6.09 Å². The number of carbonyl (C=O) groups excluding carboxylic acids is 3. The van der Waals surface area contributed by atoms with E-state index in [0.29, 0.717) is 44.1 Å². The molecule has 0 spiro atoms. The van der Waals surface area contributed by atoms with Crippen molar-refractivity contribution < 1.29 is 33.7 Å². The average Bonchev–Trinajstić information content (AvgIpc) is 3.44. The van der Waals surface area contributed by atoms with Gasteiger partial charge in [-0.15, -0.1) is 0 Å². The number of ether oxygens (including phenoxy) is 3. The van der Waals surface area contributed by atoms with E-state index in [0.717, 1.165) is 0 Å². The van der Waals surface area contributed by atoms with Crippen molar-refractivity contribution in [2.45, 2.75) is 25.5 Å². The monoisotopic (exact) mass is 513 g/mol. The summed E-state index contributed by atoms with van der Waals surface area (Å²) in [6.45, 7) is 3.54. The number of nitrogens with zero attached hydrogens (tertiary/aromatic N) is 4. The molecule has 2 aliphatic rings. The van der Waals surface area contributed by atoms with E-state index in [1.54, 1.807) is 6.92 Å². The average molecular weight is 514 g/mol. The Hall–Kier alpha value is -3.77. The Labute approximate surface area is 214 Å². The first-order chi connectivity index (χ1) is 18.0. The second-order valence-electron chi connectivity index (χ2n) is 8.60. The van der Waals surface area contributed by atoms with E-state index >= 15 is 0 Å². The first kappa shape index (κ1) is 26.3. The minimum absolute atomic E-state index is 0.00106. The van der Waals surface area contributed by atoms with Gasteiger partial charge in [0.05, 0.1) is 26.4 Å². The van der Waals surface area contributed by atoms with Crippen LogP contribution in [0.25, 0.3) is 11.4 Å². The number of rotatable bonds is 8. The first-order valence-corrected chi connectivity index (χ1v) is 12.3. The predicted molar refractivity (Wildman–Crippen MR) is 131 cm³/mol. The number of piperazine rings is 1. The zero-order valence-electron chi connectivity index (χ0n) is 20.7. The van der Waals surface area contributed by atoms with Crippen LogP contribution < -0.4 is 10.1 Å². The minimum atomic E-state index is -1.18. The molecule has 4 rings (SSSR count). The van der Waals surface area contributed by atoms with Gasteiger partial charge in [-0.25, -0.2) is 9.78 Å². The van der Waals surface area contributed by atoms with Crippen LogP contribution in [0.5, 0.6) is 5.88 Å². The van der Waals surface area contributed by atoms with Gasteiger partial charge in [0.2, 0.25) is 11.8 Å². The van der Waals surface area contributed by atoms with E-state index < -0.39 is 30.6 Å². The lowest BCUT2D eigenvalue weighted by molar-refractivity contribution is -0.135. The third-order valence-corrected chi connectivity index (χ3v) is 6.05. The third-order valence-electron chi connectivity index (χ3n) is 6.05. The van der Waals surface area contributed by atoms with Crippen molar-refractivity contribution in [2.75, 3.05) is 52.6 Å². The van der Waals surface area contributed by atoms with E-state index in [2.05, 4.69) is 15.3 Å². The maximum Gasteiger partial charge on any atom is 0.409 e. The summed E-state index contributed by atoms with van der Waals surface area (Å²) in [6.07, 6.45) is 0.0905. The molecule has 0 radical (unpaired) electrons. The van der Waals surface area contributed by atoms with E-state index in [1.165, 1.54) is 15.9 Å². The van der Waals surface area contributed by atoms with E-state index in [4.69, 9.17) is 14.2 Å². The van der Waals surface area contributed by atoms with Crippen LogP contribution in [0, 0.1) is 0 Å². The van der Waals surface area contributed by atoms with Crippen molar-refractivity contribution in [2.24, 2.45) is 0 Å². The molecule has 2 atom stereocenters. The van der Waals surface area contributed by atoms with Crippen LogP contribution >= 0.6 is 0 Å². The SMILES string of the molecule is CCOC(=O)N1CCN(C(=O)[C@H](CO)NC(=O)c2cc(OC3CCOC3)nc(-c3ccccc3)n2)CC1. The fourth-order valence-electron chi connectivity index (χ4n) is 4.06. The van der Waals surface area contributed by atoms with Gasteiger partial charge in [0, 0.05) is 44.2 Å². The molecular formula is C25H31N5O7. The standard InChI is InChI=1S/C25H31N5O7/c1-2-36-25(34)30-11-9-29(10-12-30)24(33)20(15-31)27-23(32)19-14-21(37-18-8-13-35-16-18)28-22(26-19)17-6-4-3-5-7-17/h3-7,14,18,20,31H,2,8-13,15-16H2,1H3,(H,27,32)/t18?,20-/m0/s1. The molecule has 37 heavy (non-hydrogen) atoms. The molecule has 1 aromatic carbocycles. The van der Waals surface area contributed by atoms with Crippen molar-refractivity contribution in [3.63, 3.8) is 0 Å². The topological polar surface area (TPSA) is 143 Å². The summed E-state index contributed by atoms with van der Waals surface area (Å²) >= 11 is 0. The largest absolute Gasteiger partial charge is 0.472 e. The minimum Gasteiger partial charge on any atom is -0.472 e. The van der Waals surface area contributed by atoms with Crippen LogP contribution in [0.15, 0.2) is 36.4 Å². The summed E-state index contributed by atoms with van der Waals surface area (Å²) in [6, 6.07) is 9.39. The lowest BCUT2D eigenvalue weighted by atomic mass is 10.2. The van der Waals surface area contributed by atoms with Crippen molar-refractivity contribution in [3.05, 3.63) is 42.1 Å². The highest BCUT2D eigenvalue weighted by molar-refractivity contribution is 5.96. The lowest BCUT2D eigenvalue weighted by Crippen LogP contribution is -2.56. The van der Waals surface area contributed by atoms with Gasteiger partial charge in [0.25, 0.3) is 5.91 Å². The number of aliphatic hydroxyl groups excluding tert-OH is 1. The smallest absolute Gasteiger partial charge is 0.409 e. The normalized spacial score (nSPS) is 18.3. The summed E-state index contributed by atoms with van der Waals surface area (Å²) in [5, 5.41) is 12.5. The fraction of sp³-hybridized carbons (Fsp3) is 0.480. The van der Waals surface area contributed by atoms with Gasteiger partial charge in [-0.05, 0) is 6.92 Å². The number of aromatic nitrogens is 2. The fourth-order valence-corrected chi connectivity index (χ4v) is 4.06. The van der Waals surface area contributed by atoms with Gasteiger partial charge in [0.15, 0.2) is 5.82 Å². The number of hydrogen-bond acceptors (Lipinski definition) is 9. The Bertz CT molecular complexity index is 1090. The Morgan fingerprint density at radius 2 is 1.86 bits per heavy atom. The first-order valence-electron chi connectivity index (χ1n) is 12.3. The third kappa shape index (κ3) is 6.71. The molecule has 2 saturated heterocycles. The molecule has 3 amide bonds. The Kier molecular flexibility index (Phi) is 8.86.